The van der Waals surface area contributed by atoms with Crippen LogP contribution in [-0.4, -0.2) is 16.3 Å². The van der Waals surface area contributed by atoms with Gasteiger partial charge in [0.1, 0.15) is 0 Å². The number of fused-ring (bicyclic) bond motifs is 6. The van der Waals surface area contributed by atoms with Crippen LogP contribution < -0.4 is 5.43 Å². The van der Waals surface area contributed by atoms with Crippen molar-refractivity contribution < 1.29 is 0 Å². The fraction of sp³-hybridized carbons (Fsp3) is 0.0196. The number of hydrogen-bond acceptors (Lipinski definition) is 1. The minimum Gasteiger partial charge on any atom is -0.282 e. The number of nitrogens with one attached hydrogen (secondary N) is 2. The second-order valence-corrected chi connectivity index (χ2v) is 14.0. The average molecular weight is 705 g/mol. The molecule has 4 heteroatoms. The first-order valence-corrected chi connectivity index (χ1v) is 18.6. The predicted molar refractivity (Wildman–Crippen MR) is 228 cm³/mol. The third-order valence-electron chi connectivity index (χ3n) is 11.0. The van der Waals surface area contributed by atoms with Crippen molar-refractivity contribution >= 4 is 33.5 Å². The average Bonchev–Trinajstić information content (AvgIpc) is 3.73. The number of amidine groups is 2. The van der Waals surface area contributed by atoms with Crippen molar-refractivity contribution in [2.75, 3.05) is 5.43 Å². The maximum Gasteiger partial charge on any atom is 0.154 e. The van der Waals surface area contributed by atoms with Gasteiger partial charge in [-0.05, 0) is 68.8 Å². The van der Waals surface area contributed by atoms with Gasteiger partial charge in [-0.15, -0.1) is 0 Å². The van der Waals surface area contributed by atoms with Crippen molar-refractivity contribution in [1.29, 1.82) is 5.41 Å². The first-order valence-electron chi connectivity index (χ1n) is 18.6. The molecule has 10 rings (SSSR count). The standard InChI is InChI=1S/C51H36N4/c52-49(38-23-17-22-37(32-38)35-18-5-1-6-19-35)53-50(36-20-7-2-8-21-36)54-55-47-31-16-14-29-42(47)44-33-43-41-28-13-15-30-45(41)51(46(43)34-48(44)55,39-24-9-3-10-25-39)40-26-11-4-12-27-40/h1-34H,(H2,52,53,54). The van der Waals surface area contributed by atoms with E-state index in [1.54, 1.807) is 0 Å². The minimum atomic E-state index is -0.536. The summed E-state index contributed by atoms with van der Waals surface area (Å²) in [6.07, 6.45) is 0. The van der Waals surface area contributed by atoms with E-state index < -0.39 is 5.41 Å². The van der Waals surface area contributed by atoms with E-state index in [2.05, 4.69) is 150 Å². The van der Waals surface area contributed by atoms with E-state index in [-0.39, 0.29) is 5.84 Å². The van der Waals surface area contributed by atoms with E-state index in [1.807, 2.05) is 66.7 Å². The van der Waals surface area contributed by atoms with Crippen LogP contribution in [0.4, 0.5) is 0 Å². The number of hydrogen-bond donors (Lipinski definition) is 2. The molecule has 2 N–H and O–H groups in total. The smallest absolute Gasteiger partial charge is 0.154 e. The Hall–Kier alpha value is -7.30. The van der Waals surface area contributed by atoms with Gasteiger partial charge in [-0.3, -0.25) is 15.5 Å². The van der Waals surface area contributed by atoms with Crippen LogP contribution in [0.2, 0.25) is 0 Å². The van der Waals surface area contributed by atoms with Crippen LogP contribution in [0.15, 0.2) is 211 Å². The summed E-state index contributed by atoms with van der Waals surface area (Å²) in [5.74, 6) is 0.757. The largest absolute Gasteiger partial charge is 0.282 e. The first kappa shape index (κ1) is 32.4. The molecule has 1 aliphatic carbocycles. The summed E-state index contributed by atoms with van der Waals surface area (Å²) in [5, 5.41) is 11.6. The third kappa shape index (κ3) is 5.30. The maximum atomic E-state index is 9.30. The summed E-state index contributed by atoms with van der Waals surface area (Å²) in [4.78, 5) is 5.04. The molecule has 0 spiro atoms. The summed E-state index contributed by atoms with van der Waals surface area (Å²) in [7, 11) is 0. The Morgan fingerprint density at radius 2 is 1.04 bits per heavy atom. The van der Waals surface area contributed by atoms with Crippen LogP contribution in [0.5, 0.6) is 0 Å². The molecule has 0 atom stereocenters. The number of benzene rings is 8. The zero-order valence-electron chi connectivity index (χ0n) is 30.0. The molecule has 0 fully saturated rings. The highest BCUT2D eigenvalue weighted by Gasteiger charge is 2.46. The van der Waals surface area contributed by atoms with Gasteiger partial charge in [0.2, 0.25) is 0 Å². The maximum absolute atomic E-state index is 9.30. The molecule has 1 heterocycles. The van der Waals surface area contributed by atoms with Crippen molar-refractivity contribution in [1.82, 2.24) is 4.68 Å². The number of rotatable bonds is 6. The van der Waals surface area contributed by atoms with Crippen LogP contribution >= 0.6 is 0 Å². The van der Waals surface area contributed by atoms with Gasteiger partial charge in [-0.1, -0.05) is 182 Å². The van der Waals surface area contributed by atoms with Crippen molar-refractivity contribution in [3.05, 3.63) is 240 Å². The Bertz CT molecular complexity index is 2850. The molecule has 0 aliphatic heterocycles. The summed E-state index contributed by atoms with van der Waals surface area (Å²) >= 11 is 0. The second-order valence-electron chi connectivity index (χ2n) is 14.0. The van der Waals surface area contributed by atoms with Crippen LogP contribution in [0, 0.1) is 5.41 Å². The number of aromatic nitrogens is 1. The third-order valence-corrected chi connectivity index (χ3v) is 11.0. The van der Waals surface area contributed by atoms with Gasteiger partial charge in [0.05, 0.1) is 16.4 Å². The molecule has 0 amide bonds. The molecule has 0 saturated heterocycles. The zero-order chi connectivity index (χ0) is 36.8. The van der Waals surface area contributed by atoms with Gasteiger partial charge in [0, 0.05) is 21.9 Å². The molecular weight excluding hydrogens is 669 g/mol. The van der Waals surface area contributed by atoms with Gasteiger partial charge in [0.15, 0.2) is 11.7 Å². The fourth-order valence-corrected chi connectivity index (χ4v) is 8.53. The molecule has 8 aromatic carbocycles. The molecule has 0 unspecified atom stereocenters. The van der Waals surface area contributed by atoms with Gasteiger partial charge < -0.3 is 0 Å². The van der Waals surface area contributed by atoms with Crippen molar-refractivity contribution in [2.24, 2.45) is 4.99 Å². The lowest BCUT2D eigenvalue weighted by molar-refractivity contribution is 0.769. The Morgan fingerprint density at radius 3 is 1.76 bits per heavy atom. The summed E-state index contributed by atoms with van der Waals surface area (Å²) in [6, 6.07) is 72.4. The van der Waals surface area contributed by atoms with Crippen molar-refractivity contribution in [3.8, 4) is 22.3 Å². The molecule has 0 saturated carbocycles. The lowest BCUT2D eigenvalue weighted by Crippen LogP contribution is -2.29. The van der Waals surface area contributed by atoms with Gasteiger partial charge in [0.25, 0.3) is 0 Å². The van der Waals surface area contributed by atoms with E-state index in [0.29, 0.717) is 5.84 Å². The molecular formula is C51H36N4. The van der Waals surface area contributed by atoms with Gasteiger partial charge in [-0.25, -0.2) is 4.99 Å². The van der Waals surface area contributed by atoms with Gasteiger partial charge in [-0.2, -0.15) is 0 Å². The summed E-state index contributed by atoms with van der Waals surface area (Å²) < 4.78 is 2.16. The SMILES string of the molecule is N=C(/N=C(\Nn1c2ccccc2c2cc3c(cc21)C(c1ccccc1)(c1ccccc1)c1ccccc1-3)c1ccccc1)c1cccc(-c2ccccc2)c1. The monoisotopic (exact) mass is 704 g/mol. The van der Waals surface area contributed by atoms with E-state index in [1.165, 1.54) is 33.4 Å². The van der Waals surface area contributed by atoms with E-state index in [4.69, 9.17) is 4.99 Å². The Morgan fingerprint density at radius 1 is 0.455 bits per heavy atom. The number of aliphatic imine (C=N–C) groups is 1. The summed E-state index contributed by atoms with van der Waals surface area (Å²) in [5.41, 5.74) is 16.5. The van der Waals surface area contributed by atoms with Crippen molar-refractivity contribution in [3.63, 3.8) is 0 Å². The molecule has 1 aromatic heterocycles. The Balaban J connectivity index is 1.19. The molecule has 55 heavy (non-hydrogen) atoms. The van der Waals surface area contributed by atoms with E-state index in [0.717, 1.165) is 44.1 Å². The molecule has 0 bridgehead atoms. The number of para-hydroxylation sites is 1. The van der Waals surface area contributed by atoms with Crippen LogP contribution in [0.3, 0.4) is 0 Å². The minimum absolute atomic E-state index is 0.174. The Kier molecular flexibility index (Phi) is 7.81. The lowest BCUT2D eigenvalue weighted by Gasteiger charge is -2.34. The highest BCUT2D eigenvalue weighted by Crippen LogP contribution is 2.57. The molecule has 9 aromatic rings. The van der Waals surface area contributed by atoms with Crippen LogP contribution in [0.1, 0.15) is 33.4 Å². The highest BCUT2D eigenvalue weighted by atomic mass is 15.4. The van der Waals surface area contributed by atoms with Crippen LogP contribution in [0.25, 0.3) is 44.1 Å². The quantitative estimate of drug-likeness (QED) is 0.131. The topological polar surface area (TPSA) is 53.2 Å². The molecule has 260 valence electrons. The van der Waals surface area contributed by atoms with E-state index >= 15 is 0 Å². The van der Waals surface area contributed by atoms with Gasteiger partial charge >= 0.3 is 0 Å². The molecule has 4 nitrogen and oxygen atoms in total. The normalized spacial score (nSPS) is 13.1. The van der Waals surface area contributed by atoms with E-state index in [9.17, 15) is 5.41 Å². The fourth-order valence-electron chi connectivity index (χ4n) is 8.53. The van der Waals surface area contributed by atoms with Crippen LogP contribution in [-0.2, 0) is 5.41 Å². The summed E-state index contributed by atoms with van der Waals surface area (Å²) in [6.45, 7) is 0. The molecule has 0 radical (unpaired) electrons. The highest BCUT2D eigenvalue weighted by molar-refractivity contribution is 6.17. The number of nitrogens with zero attached hydrogens (tertiary/aromatic N) is 2. The lowest BCUT2D eigenvalue weighted by atomic mass is 9.67. The van der Waals surface area contributed by atoms with Crippen molar-refractivity contribution in [2.45, 2.75) is 5.41 Å². The molecule has 1 aliphatic rings. The Labute approximate surface area is 320 Å². The first-order chi connectivity index (χ1) is 27.2. The predicted octanol–water partition coefficient (Wildman–Crippen LogP) is 11.8. The second kappa shape index (κ2) is 13.3. The zero-order valence-corrected chi connectivity index (χ0v) is 30.0.